The van der Waals surface area contributed by atoms with Crippen molar-refractivity contribution in [2.24, 2.45) is 0 Å². The minimum atomic E-state index is -0.694. The van der Waals surface area contributed by atoms with Gasteiger partial charge in [0.25, 0.3) is 5.91 Å². The average Bonchev–Trinajstić information content (AvgIpc) is 2.94. The summed E-state index contributed by atoms with van der Waals surface area (Å²) in [7, 11) is 0. The number of fused-ring (bicyclic) bond motifs is 2. The number of hydrogen-bond donors (Lipinski definition) is 3. The molecule has 0 amide bonds. The molecule has 0 saturated carbocycles. The molecule has 6 nitrogen and oxygen atoms in total. The number of aromatic nitrogens is 2. The summed E-state index contributed by atoms with van der Waals surface area (Å²) in [6.07, 6.45) is 2.34. The number of nitrogens with two attached hydrogens (primary N) is 1. The highest BCUT2D eigenvalue weighted by Crippen LogP contribution is 2.41. The lowest BCUT2D eigenvalue weighted by atomic mass is 9.75. The number of hydrogen-bond acceptors (Lipinski definition) is 5. The standard InChI is InChI=1S/C19H24N4O2/c1-11-5-3-7-13-15(11)21-10-9-19(13,2)18(25)23-17(20)12-6-4-8-14(24)16(12)22-23/h3,5,7,14,21,24H,4,6,8-10,20H2,1-2H3. The Morgan fingerprint density at radius 1 is 1.48 bits per heavy atom. The van der Waals surface area contributed by atoms with Crippen LogP contribution in [0.4, 0.5) is 11.5 Å². The Morgan fingerprint density at radius 3 is 3.04 bits per heavy atom. The molecule has 2 unspecified atom stereocenters. The largest absolute Gasteiger partial charge is 0.387 e. The maximum Gasteiger partial charge on any atom is 0.259 e. The van der Waals surface area contributed by atoms with E-state index in [0.29, 0.717) is 24.4 Å². The summed E-state index contributed by atoms with van der Waals surface area (Å²) in [5.74, 6) is 0.257. The van der Waals surface area contributed by atoms with E-state index in [1.54, 1.807) is 0 Å². The van der Waals surface area contributed by atoms with Crippen molar-refractivity contribution in [1.29, 1.82) is 0 Å². The fourth-order valence-electron chi connectivity index (χ4n) is 4.16. The normalized spacial score (nSPS) is 25.0. The number of aliphatic hydroxyl groups is 1. The van der Waals surface area contributed by atoms with Crippen LogP contribution in [-0.4, -0.2) is 27.3 Å². The minimum absolute atomic E-state index is 0.125. The zero-order valence-electron chi connectivity index (χ0n) is 14.7. The molecule has 1 aliphatic heterocycles. The van der Waals surface area contributed by atoms with E-state index >= 15 is 0 Å². The van der Waals surface area contributed by atoms with Crippen molar-refractivity contribution in [1.82, 2.24) is 9.78 Å². The molecular weight excluding hydrogens is 316 g/mol. The van der Waals surface area contributed by atoms with Crippen molar-refractivity contribution in [2.75, 3.05) is 17.6 Å². The smallest absolute Gasteiger partial charge is 0.259 e. The van der Waals surface area contributed by atoms with Crippen LogP contribution in [0.2, 0.25) is 0 Å². The molecule has 2 aliphatic rings. The van der Waals surface area contributed by atoms with Gasteiger partial charge in [-0.15, -0.1) is 0 Å². The van der Waals surface area contributed by atoms with Gasteiger partial charge in [-0.05, 0) is 50.7 Å². The van der Waals surface area contributed by atoms with Crippen molar-refractivity contribution < 1.29 is 9.90 Å². The summed E-state index contributed by atoms with van der Waals surface area (Å²) >= 11 is 0. The molecule has 1 aliphatic carbocycles. The summed E-state index contributed by atoms with van der Waals surface area (Å²) in [6, 6.07) is 6.02. The van der Waals surface area contributed by atoms with Crippen LogP contribution in [0.25, 0.3) is 0 Å². The lowest BCUT2D eigenvalue weighted by molar-refractivity contribution is 0.0782. The first-order chi connectivity index (χ1) is 11.9. The van der Waals surface area contributed by atoms with E-state index < -0.39 is 11.5 Å². The van der Waals surface area contributed by atoms with Crippen LogP contribution < -0.4 is 11.1 Å². The highest BCUT2D eigenvalue weighted by atomic mass is 16.3. The third kappa shape index (κ3) is 2.28. The van der Waals surface area contributed by atoms with Gasteiger partial charge in [-0.3, -0.25) is 4.79 Å². The zero-order valence-corrected chi connectivity index (χ0v) is 14.7. The third-order valence-corrected chi connectivity index (χ3v) is 5.73. The molecule has 4 rings (SSSR count). The molecule has 1 aromatic heterocycles. The molecule has 4 N–H and O–H groups in total. The van der Waals surface area contributed by atoms with Gasteiger partial charge in [0.05, 0.1) is 17.2 Å². The van der Waals surface area contributed by atoms with E-state index in [-0.39, 0.29) is 5.91 Å². The fraction of sp³-hybridized carbons (Fsp3) is 0.474. The van der Waals surface area contributed by atoms with Crippen molar-refractivity contribution >= 4 is 17.4 Å². The van der Waals surface area contributed by atoms with Crippen molar-refractivity contribution in [3.8, 4) is 0 Å². The number of nitrogen functional groups attached to an aromatic ring is 1. The number of aryl methyl sites for hydroxylation is 1. The van der Waals surface area contributed by atoms with Gasteiger partial charge in [-0.25, -0.2) is 0 Å². The fourth-order valence-corrected chi connectivity index (χ4v) is 4.16. The predicted molar refractivity (Wildman–Crippen MR) is 96.8 cm³/mol. The first kappa shape index (κ1) is 16.1. The van der Waals surface area contributed by atoms with Crippen LogP contribution >= 0.6 is 0 Å². The molecule has 0 radical (unpaired) electrons. The second-order valence-electron chi connectivity index (χ2n) is 7.38. The SMILES string of the molecule is Cc1cccc2c1NCCC2(C)C(=O)n1nc2c(c1N)CCCC2O. The molecule has 2 atom stereocenters. The summed E-state index contributed by atoms with van der Waals surface area (Å²) in [5.41, 5.74) is 10.1. The van der Waals surface area contributed by atoms with Crippen LogP contribution in [0, 0.1) is 6.92 Å². The number of benzene rings is 1. The molecule has 132 valence electrons. The molecule has 2 aromatic rings. The lowest BCUT2D eigenvalue weighted by Crippen LogP contribution is -2.42. The van der Waals surface area contributed by atoms with Crippen molar-refractivity contribution in [2.45, 2.75) is 51.0 Å². The third-order valence-electron chi connectivity index (χ3n) is 5.73. The number of nitrogens with zero attached hydrogens (tertiary/aromatic N) is 2. The number of carbonyl (C=O) groups is 1. The number of nitrogens with one attached hydrogen (secondary N) is 1. The second-order valence-corrected chi connectivity index (χ2v) is 7.38. The van der Waals surface area contributed by atoms with Gasteiger partial charge >= 0.3 is 0 Å². The molecule has 1 aromatic carbocycles. The Balaban J connectivity index is 1.82. The van der Waals surface area contributed by atoms with Gasteiger partial charge in [-0.1, -0.05) is 18.2 Å². The summed E-state index contributed by atoms with van der Waals surface area (Å²) in [5, 5.41) is 18.0. The molecule has 25 heavy (non-hydrogen) atoms. The van der Waals surface area contributed by atoms with Crippen molar-refractivity contribution in [3.05, 3.63) is 40.6 Å². The Hall–Kier alpha value is -2.34. The van der Waals surface area contributed by atoms with E-state index in [0.717, 1.165) is 41.8 Å². The van der Waals surface area contributed by atoms with Gasteiger partial charge in [-0.2, -0.15) is 9.78 Å². The summed E-state index contributed by atoms with van der Waals surface area (Å²) < 4.78 is 1.33. The van der Waals surface area contributed by atoms with Gasteiger partial charge in [0.15, 0.2) is 0 Å². The minimum Gasteiger partial charge on any atom is -0.387 e. The number of anilines is 2. The average molecular weight is 340 g/mol. The van der Waals surface area contributed by atoms with Crippen LogP contribution in [0.1, 0.15) is 59.5 Å². The van der Waals surface area contributed by atoms with E-state index in [9.17, 15) is 9.90 Å². The Bertz CT molecular complexity index is 857. The molecular formula is C19H24N4O2. The first-order valence-corrected chi connectivity index (χ1v) is 8.87. The number of aliphatic hydroxyl groups excluding tert-OH is 1. The van der Waals surface area contributed by atoms with E-state index in [1.165, 1.54) is 4.68 Å². The predicted octanol–water partition coefficient (Wildman–Crippen LogP) is 2.56. The molecule has 0 bridgehead atoms. The van der Waals surface area contributed by atoms with Crippen LogP contribution in [0.15, 0.2) is 18.2 Å². The summed E-state index contributed by atoms with van der Waals surface area (Å²) in [4.78, 5) is 13.5. The van der Waals surface area contributed by atoms with Crippen molar-refractivity contribution in [3.63, 3.8) is 0 Å². The molecule has 0 fully saturated rings. The van der Waals surface area contributed by atoms with Gasteiger partial charge < -0.3 is 16.2 Å². The highest BCUT2D eigenvalue weighted by molar-refractivity contribution is 5.94. The highest BCUT2D eigenvalue weighted by Gasteiger charge is 2.42. The molecule has 0 spiro atoms. The van der Waals surface area contributed by atoms with E-state index in [1.807, 2.05) is 32.0 Å². The van der Waals surface area contributed by atoms with Crippen LogP contribution in [0.5, 0.6) is 0 Å². The number of rotatable bonds is 1. The van der Waals surface area contributed by atoms with Crippen LogP contribution in [-0.2, 0) is 11.8 Å². The lowest BCUT2D eigenvalue weighted by Gasteiger charge is -2.35. The monoisotopic (exact) mass is 340 g/mol. The van der Waals surface area contributed by atoms with E-state index in [4.69, 9.17) is 5.73 Å². The maximum atomic E-state index is 13.5. The molecule has 0 saturated heterocycles. The second kappa shape index (κ2) is 5.59. The molecule has 2 heterocycles. The number of para-hydroxylation sites is 1. The van der Waals surface area contributed by atoms with Gasteiger partial charge in [0.1, 0.15) is 5.82 Å². The summed E-state index contributed by atoms with van der Waals surface area (Å²) in [6.45, 7) is 4.73. The van der Waals surface area contributed by atoms with E-state index in [2.05, 4.69) is 10.4 Å². The Kier molecular flexibility index (Phi) is 3.61. The quantitative estimate of drug-likeness (QED) is 0.742. The Labute approximate surface area is 147 Å². The van der Waals surface area contributed by atoms with Gasteiger partial charge in [0, 0.05) is 17.8 Å². The maximum absolute atomic E-state index is 13.5. The number of carbonyl (C=O) groups excluding carboxylic acids is 1. The van der Waals surface area contributed by atoms with Gasteiger partial charge in [0.2, 0.25) is 0 Å². The van der Waals surface area contributed by atoms with Crippen LogP contribution in [0.3, 0.4) is 0 Å². The Morgan fingerprint density at radius 2 is 2.28 bits per heavy atom. The topological polar surface area (TPSA) is 93.2 Å². The molecule has 6 heteroatoms. The zero-order chi connectivity index (χ0) is 17.8. The first-order valence-electron chi connectivity index (χ1n) is 8.87.